The second-order valence-electron chi connectivity index (χ2n) is 7.62. The molecule has 1 aromatic heterocycles. The van der Waals surface area contributed by atoms with Gasteiger partial charge in [-0.25, -0.2) is 4.98 Å². The summed E-state index contributed by atoms with van der Waals surface area (Å²) in [6.07, 6.45) is 5.04. The molecule has 2 heterocycles. The first kappa shape index (κ1) is 21.1. The number of rotatable bonds is 6. The van der Waals surface area contributed by atoms with Gasteiger partial charge in [0.1, 0.15) is 11.8 Å². The van der Waals surface area contributed by atoms with Crippen molar-refractivity contribution in [3.05, 3.63) is 88.6 Å². The van der Waals surface area contributed by atoms with Crippen LogP contribution in [0, 0.1) is 0 Å². The molecule has 3 aromatic rings. The lowest BCUT2D eigenvalue weighted by atomic mass is 10.0. The first-order valence-electron chi connectivity index (χ1n) is 10.4. The zero-order chi connectivity index (χ0) is 21.6. The Morgan fingerprint density at radius 3 is 2.65 bits per heavy atom. The average Bonchev–Trinajstić information content (AvgIpc) is 3.27. The van der Waals surface area contributed by atoms with Crippen LogP contribution in [0.5, 0.6) is 0 Å². The van der Waals surface area contributed by atoms with Crippen molar-refractivity contribution in [2.24, 2.45) is 0 Å². The van der Waals surface area contributed by atoms with E-state index in [1.54, 1.807) is 35.4 Å². The number of hydrogen-bond donors (Lipinski definition) is 1. The summed E-state index contributed by atoms with van der Waals surface area (Å²) in [6, 6.07) is 16.3. The van der Waals surface area contributed by atoms with Crippen LogP contribution < -0.4 is 5.32 Å². The van der Waals surface area contributed by atoms with Gasteiger partial charge in [0.05, 0.1) is 12.7 Å². The third-order valence-corrected chi connectivity index (χ3v) is 5.66. The van der Waals surface area contributed by atoms with E-state index < -0.39 is 0 Å². The van der Waals surface area contributed by atoms with Crippen LogP contribution in [0.15, 0.2) is 65.2 Å². The average molecular weight is 438 g/mol. The Morgan fingerprint density at radius 2 is 1.87 bits per heavy atom. The molecule has 0 bridgehead atoms. The minimum absolute atomic E-state index is 0.0530. The molecule has 4 rings (SSSR count). The molecule has 0 spiro atoms. The van der Waals surface area contributed by atoms with Crippen LogP contribution in [0.1, 0.15) is 52.9 Å². The van der Waals surface area contributed by atoms with Crippen molar-refractivity contribution in [1.29, 1.82) is 0 Å². The van der Waals surface area contributed by atoms with E-state index in [0.29, 0.717) is 29.4 Å². The number of hydrogen-bond acceptors (Lipinski definition) is 4. The van der Waals surface area contributed by atoms with Crippen molar-refractivity contribution in [2.75, 3.05) is 13.1 Å². The Morgan fingerprint density at radius 1 is 1.10 bits per heavy atom. The summed E-state index contributed by atoms with van der Waals surface area (Å²) >= 11 is 5.95. The lowest BCUT2D eigenvalue weighted by molar-refractivity contribution is -0.134. The number of nitrogens with one attached hydrogen (secondary N) is 1. The van der Waals surface area contributed by atoms with Crippen LogP contribution in [0.2, 0.25) is 5.02 Å². The van der Waals surface area contributed by atoms with Crippen LogP contribution in [-0.4, -0.2) is 34.8 Å². The summed E-state index contributed by atoms with van der Waals surface area (Å²) in [5.74, 6) is 0.898. The summed E-state index contributed by atoms with van der Waals surface area (Å²) in [7, 11) is 0. The van der Waals surface area contributed by atoms with Crippen molar-refractivity contribution >= 4 is 23.4 Å². The number of oxazole rings is 1. The highest BCUT2D eigenvalue weighted by Crippen LogP contribution is 2.31. The molecular formula is C24H24ClN3O3. The number of aromatic nitrogens is 1. The van der Waals surface area contributed by atoms with Gasteiger partial charge >= 0.3 is 0 Å². The van der Waals surface area contributed by atoms with Crippen molar-refractivity contribution in [2.45, 2.75) is 31.7 Å². The Hall–Kier alpha value is -3.12. The number of halogens is 1. The number of carbonyl (C=O) groups excluding carboxylic acids is 2. The van der Waals surface area contributed by atoms with Crippen molar-refractivity contribution in [3.63, 3.8) is 0 Å². The van der Waals surface area contributed by atoms with Crippen LogP contribution in [0.25, 0.3) is 0 Å². The maximum Gasteiger partial charge on any atom is 0.251 e. The molecule has 0 saturated carbocycles. The molecule has 1 aliphatic rings. The predicted molar refractivity (Wildman–Crippen MR) is 118 cm³/mol. The highest BCUT2D eigenvalue weighted by Gasteiger charge is 2.31. The smallest absolute Gasteiger partial charge is 0.251 e. The Kier molecular flexibility index (Phi) is 6.67. The van der Waals surface area contributed by atoms with Gasteiger partial charge in [-0.3, -0.25) is 9.59 Å². The van der Waals surface area contributed by atoms with E-state index in [9.17, 15) is 9.59 Å². The lowest BCUT2D eigenvalue weighted by Gasteiger charge is -2.33. The van der Waals surface area contributed by atoms with Gasteiger partial charge in [-0.1, -0.05) is 41.9 Å². The monoisotopic (exact) mass is 437 g/mol. The van der Waals surface area contributed by atoms with E-state index in [2.05, 4.69) is 10.3 Å². The molecule has 6 nitrogen and oxygen atoms in total. The minimum Gasteiger partial charge on any atom is -0.443 e. The van der Waals surface area contributed by atoms with Crippen molar-refractivity contribution in [3.8, 4) is 0 Å². The van der Waals surface area contributed by atoms with Crippen LogP contribution in [0.3, 0.4) is 0 Å². The number of piperidine rings is 1. The summed E-state index contributed by atoms with van der Waals surface area (Å²) in [5.41, 5.74) is 1.61. The largest absolute Gasteiger partial charge is 0.443 e. The predicted octanol–water partition coefficient (Wildman–Crippen LogP) is 4.40. The number of amides is 2. The second kappa shape index (κ2) is 9.79. The van der Waals surface area contributed by atoms with E-state index in [0.717, 1.165) is 30.6 Å². The van der Waals surface area contributed by atoms with Gasteiger partial charge < -0.3 is 14.6 Å². The number of likely N-dealkylation sites (tertiary alicyclic amines) is 1. The summed E-state index contributed by atoms with van der Waals surface area (Å²) in [6.45, 7) is 0.572. The van der Waals surface area contributed by atoms with Crippen molar-refractivity contribution < 1.29 is 14.0 Å². The third kappa shape index (κ3) is 5.33. The zero-order valence-corrected chi connectivity index (χ0v) is 17.8. The zero-order valence-electron chi connectivity index (χ0n) is 17.1. The molecule has 7 heteroatoms. The molecule has 1 aliphatic heterocycles. The van der Waals surface area contributed by atoms with Gasteiger partial charge in [-0.05, 0) is 49.1 Å². The maximum atomic E-state index is 12.9. The van der Waals surface area contributed by atoms with E-state index in [4.69, 9.17) is 16.0 Å². The van der Waals surface area contributed by atoms with Crippen LogP contribution >= 0.6 is 11.6 Å². The summed E-state index contributed by atoms with van der Waals surface area (Å²) < 4.78 is 6.01. The molecule has 160 valence electrons. The highest BCUT2D eigenvalue weighted by molar-refractivity contribution is 6.30. The van der Waals surface area contributed by atoms with Gasteiger partial charge in [-0.2, -0.15) is 0 Å². The van der Waals surface area contributed by atoms with Gasteiger partial charge in [-0.15, -0.1) is 0 Å². The maximum absolute atomic E-state index is 12.9. The molecule has 1 atom stereocenters. The topological polar surface area (TPSA) is 75.4 Å². The molecule has 1 unspecified atom stereocenters. The Labute approximate surface area is 186 Å². The fourth-order valence-electron chi connectivity index (χ4n) is 3.80. The molecular weight excluding hydrogens is 414 g/mol. The van der Waals surface area contributed by atoms with Crippen molar-refractivity contribution in [1.82, 2.24) is 15.2 Å². The van der Waals surface area contributed by atoms with Gasteiger partial charge in [0.25, 0.3) is 5.91 Å². The molecule has 1 fully saturated rings. The van der Waals surface area contributed by atoms with E-state index in [1.165, 1.54) is 0 Å². The molecule has 1 N–H and O–H groups in total. The van der Waals surface area contributed by atoms with Gasteiger partial charge in [0, 0.05) is 23.6 Å². The SMILES string of the molecule is O=C(NCC(=O)N1CCCCC1c1ncc(Cc2ccc(Cl)cc2)o1)c1ccccc1. The fraction of sp³-hybridized carbons (Fsp3) is 0.292. The molecule has 0 radical (unpaired) electrons. The molecule has 2 amide bonds. The molecule has 0 aliphatic carbocycles. The van der Waals surface area contributed by atoms with Gasteiger partial charge in [0.15, 0.2) is 0 Å². The van der Waals surface area contributed by atoms with E-state index in [-0.39, 0.29) is 24.4 Å². The first-order chi connectivity index (χ1) is 15.1. The van der Waals surface area contributed by atoms with Crippen LogP contribution in [-0.2, 0) is 11.2 Å². The molecule has 31 heavy (non-hydrogen) atoms. The Balaban J connectivity index is 1.40. The lowest BCUT2D eigenvalue weighted by Crippen LogP contribution is -2.44. The highest BCUT2D eigenvalue weighted by atomic mass is 35.5. The van der Waals surface area contributed by atoms with Gasteiger partial charge in [0.2, 0.25) is 11.8 Å². The molecule has 2 aromatic carbocycles. The fourth-order valence-corrected chi connectivity index (χ4v) is 3.92. The number of carbonyl (C=O) groups is 2. The normalized spacial score (nSPS) is 16.2. The minimum atomic E-state index is -0.260. The van der Waals surface area contributed by atoms with E-state index >= 15 is 0 Å². The number of benzene rings is 2. The third-order valence-electron chi connectivity index (χ3n) is 5.41. The Bertz CT molecular complexity index is 1030. The first-order valence-corrected chi connectivity index (χ1v) is 10.8. The second-order valence-corrected chi connectivity index (χ2v) is 8.05. The van der Waals surface area contributed by atoms with Crippen LogP contribution in [0.4, 0.5) is 0 Å². The molecule has 1 saturated heterocycles. The standard InChI is InChI=1S/C24H24ClN3O3/c25-19-11-9-17(10-12-19)14-20-15-27-24(31-20)21-8-4-5-13-28(21)22(29)16-26-23(30)18-6-2-1-3-7-18/h1-3,6-7,9-12,15,21H,4-5,8,13-14,16H2,(H,26,30). The van der Waals surface area contributed by atoms with E-state index in [1.807, 2.05) is 30.3 Å². The quantitative estimate of drug-likeness (QED) is 0.620. The summed E-state index contributed by atoms with van der Waals surface area (Å²) in [4.78, 5) is 31.4. The number of nitrogens with zero attached hydrogens (tertiary/aromatic N) is 2. The summed E-state index contributed by atoms with van der Waals surface area (Å²) in [5, 5.41) is 3.41.